The zero-order valence-corrected chi connectivity index (χ0v) is 12.7. The van der Waals surface area contributed by atoms with Gasteiger partial charge in [-0.15, -0.1) is 11.6 Å². The van der Waals surface area contributed by atoms with E-state index in [1.807, 2.05) is 0 Å². The maximum Gasteiger partial charge on any atom is 0.0587 e. The normalized spacial score (nSPS) is 12.8. The van der Waals surface area contributed by atoms with Crippen molar-refractivity contribution in [1.29, 1.82) is 0 Å². The van der Waals surface area contributed by atoms with Gasteiger partial charge in [0.25, 0.3) is 0 Å². The van der Waals surface area contributed by atoms with Crippen molar-refractivity contribution in [3.05, 3.63) is 33.3 Å². The molecule has 1 unspecified atom stereocenters. The highest BCUT2D eigenvalue weighted by Crippen LogP contribution is 2.32. The van der Waals surface area contributed by atoms with Gasteiger partial charge in [-0.25, -0.2) is 0 Å². The van der Waals surface area contributed by atoms with Crippen LogP contribution in [0.3, 0.4) is 0 Å². The van der Waals surface area contributed by atoms with Gasteiger partial charge in [0.1, 0.15) is 0 Å². The average Bonchev–Trinajstić information content (AvgIpc) is 2.23. The van der Waals surface area contributed by atoms with Crippen LogP contribution in [0.4, 0.5) is 0 Å². The molecular formula is C14H20BrCl. The molecule has 0 saturated heterocycles. The molecule has 0 nitrogen and oxygen atoms in total. The van der Waals surface area contributed by atoms with Crippen LogP contribution in [0.1, 0.15) is 54.7 Å². The van der Waals surface area contributed by atoms with Crippen LogP contribution in [-0.4, -0.2) is 0 Å². The van der Waals surface area contributed by atoms with Gasteiger partial charge in [0.2, 0.25) is 0 Å². The van der Waals surface area contributed by atoms with Crippen molar-refractivity contribution >= 4 is 27.5 Å². The fraction of sp³-hybridized carbons (Fsp3) is 0.571. The first-order chi connectivity index (χ1) is 7.56. The number of rotatable bonds is 5. The molecule has 0 spiro atoms. The topological polar surface area (TPSA) is 0 Å². The highest BCUT2D eigenvalue weighted by Gasteiger charge is 2.11. The molecule has 0 aliphatic carbocycles. The molecule has 16 heavy (non-hydrogen) atoms. The monoisotopic (exact) mass is 302 g/mol. The molecule has 0 bridgehead atoms. The maximum atomic E-state index is 6.46. The standard InChI is InChI=1S/C14H20BrCl/c1-4-5-6-7-14(16)12-8-11(3)13(15)9-10(12)2/h8-9,14H,4-7H2,1-3H3. The Kier molecular flexibility index (Phi) is 5.85. The van der Waals surface area contributed by atoms with E-state index in [0.29, 0.717) is 0 Å². The summed E-state index contributed by atoms with van der Waals surface area (Å²) in [7, 11) is 0. The highest BCUT2D eigenvalue weighted by molar-refractivity contribution is 9.10. The second-order valence-electron chi connectivity index (χ2n) is 4.42. The SMILES string of the molecule is CCCCCC(Cl)c1cc(C)c(Br)cc1C. The summed E-state index contributed by atoms with van der Waals surface area (Å²) in [6.07, 6.45) is 4.83. The molecule has 0 aliphatic heterocycles. The van der Waals surface area contributed by atoms with E-state index in [1.165, 1.54) is 40.4 Å². The maximum absolute atomic E-state index is 6.46. The third kappa shape index (κ3) is 3.78. The lowest BCUT2D eigenvalue weighted by molar-refractivity contribution is 0.654. The number of hydrogen-bond donors (Lipinski definition) is 0. The van der Waals surface area contributed by atoms with Crippen LogP contribution in [0.25, 0.3) is 0 Å². The van der Waals surface area contributed by atoms with Gasteiger partial charge in [0.15, 0.2) is 0 Å². The molecule has 0 amide bonds. The van der Waals surface area contributed by atoms with Crippen LogP contribution >= 0.6 is 27.5 Å². The van der Waals surface area contributed by atoms with Gasteiger partial charge >= 0.3 is 0 Å². The first-order valence-electron chi connectivity index (χ1n) is 5.97. The molecule has 0 fully saturated rings. The van der Waals surface area contributed by atoms with E-state index >= 15 is 0 Å². The lowest BCUT2D eigenvalue weighted by Crippen LogP contribution is -1.96. The van der Waals surface area contributed by atoms with Crippen molar-refractivity contribution in [3.63, 3.8) is 0 Å². The Bertz CT molecular complexity index is 347. The predicted molar refractivity (Wildman–Crippen MR) is 76.4 cm³/mol. The molecule has 0 aliphatic rings. The van der Waals surface area contributed by atoms with Crippen LogP contribution in [0.15, 0.2) is 16.6 Å². The van der Waals surface area contributed by atoms with E-state index in [-0.39, 0.29) is 5.38 Å². The van der Waals surface area contributed by atoms with Crippen molar-refractivity contribution in [2.24, 2.45) is 0 Å². The molecule has 1 atom stereocenters. The fourth-order valence-corrected chi connectivity index (χ4v) is 2.72. The van der Waals surface area contributed by atoms with E-state index in [2.05, 4.69) is 48.8 Å². The summed E-state index contributed by atoms with van der Waals surface area (Å²) in [4.78, 5) is 0. The number of aryl methyl sites for hydroxylation is 2. The molecule has 1 aromatic carbocycles. The molecule has 0 heterocycles. The third-order valence-electron chi connectivity index (χ3n) is 2.95. The van der Waals surface area contributed by atoms with Gasteiger partial charge in [-0.2, -0.15) is 0 Å². The van der Waals surface area contributed by atoms with Gasteiger partial charge in [-0.05, 0) is 43.0 Å². The minimum absolute atomic E-state index is 0.165. The van der Waals surface area contributed by atoms with Crippen LogP contribution in [0, 0.1) is 13.8 Å². The zero-order valence-electron chi connectivity index (χ0n) is 10.3. The molecule has 0 aromatic heterocycles. The van der Waals surface area contributed by atoms with Crippen LogP contribution in [-0.2, 0) is 0 Å². The van der Waals surface area contributed by atoms with E-state index in [4.69, 9.17) is 11.6 Å². The second-order valence-corrected chi connectivity index (χ2v) is 5.80. The third-order valence-corrected chi connectivity index (χ3v) is 4.25. The van der Waals surface area contributed by atoms with Crippen LogP contribution in [0.5, 0.6) is 0 Å². The Balaban J connectivity index is 2.75. The second kappa shape index (κ2) is 6.66. The molecule has 1 rings (SSSR count). The Labute approximate surface area is 113 Å². The van der Waals surface area contributed by atoms with Crippen molar-refractivity contribution in [2.45, 2.75) is 51.8 Å². The summed E-state index contributed by atoms with van der Waals surface area (Å²) in [5, 5.41) is 0.165. The number of halogens is 2. The molecule has 0 radical (unpaired) electrons. The van der Waals surface area contributed by atoms with Gasteiger partial charge in [0.05, 0.1) is 5.38 Å². The summed E-state index contributed by atoms with van der Waals surface area (Å²) < 4.78 is 1.17. The van der Waals surface area contributed by atoms with E-state index in [0.717, 1.165) is 6.42 Å². The number of unbranched alkanes of at least 4 members (excludes halogenated alkanes) is 2. The average molecular weight is 304 g/mol. The summed E-state index contributed by atoms with van der Waals surface area (Å²) in [5.41, 5.74) is 3.84. The molecule has 1 aromatic rings. The summed E-state index contributed by atoms with van der Waals surface area (Å²) in [5.74, 6) is 0. The first kappa shape index (κ1) is 14.1. The number of hydrogen-bond acceptors (Lipinski definition) is 0. The fourth-order valence-electron chi connectivity index (χ4n) is 1.87. The van der Waals surface area contributed by atoms with Gasteiger partial charge < -0.3 is 0 Å². The van der Waals surface area contributed by atoms with Crippen molar-refractivity contribution < 1.29 is 0 Å². The quantitative estimate of drug-likeness (QED) is 0.467. The largest absolute Gasteiger partial charge is 0.118 e. The molecule has 0 N–H and O–H groups in total. The minimum Gasteiger partial charge on any atom is -0.118 e. The molecular weight excluding hydrogens is 284 g/mol. The number of alkyl halides is 1. The van der Waals surface area contributed by atoms with Crippen molar-refractivity contribution in [2.75, 3.05) is 0 Å². The van der Waals surface area contributed by atoms with E-state index in [1.54, 1.807) is 0 Å². The Morgan fingerprint density at radius 3 is 2.50 bits per heavy atom. The highest BCUT2D eigenvalue weighted by atomic mass is 79.9. The Morgan fingerprint density at radius 2 is 1.88 bits per heavy atom. The summed E-state index contributed by atoms with van der Waals surface area (Å²) in [6.45, 7) is 6.47. The van der Waals surface area contributed by atoms with Gasteiger partial charge in [-0.3, -0.25) is 0 Å². The first-order valence-corrected chi connectivity index (χ1v) is 7.20. The van der Waals surface area contributed by atoms with Crippen molar-refractivity contribution in [3.8, 4) is 0 Å². The lowest BCUT2D eigenvalue weighted by Gasteiger charge is -2.14. The van der Waals surface area contributed by atoms with Crippen LogP contribution in [0.2, 0.25) is 0 Å². The van der Waals surface area contributed by atoms with E-state index < -0.39 is 0 Å². The Hall–Kier alpha value is -0.0100. The van der Waals surface area contributed by atoms with Crippen molar-refractivity contribution in [1.82, 2.24) is 0 Å². The summed E-state index contributed by atoms with van der Waals surface area (Å²) in [6, 6.07) is 4.38. The predicted octanol–water partition coefficient (Wildman–Crippen LogP) is 5.93. The molecule has 0 saturated carbocycles. The van der Waals surface area contributed by atoms with Gasteiger partial charge in [-0.1, -0.05) is 48.2 Å². The molecule has 2 heteroatoms. The smallest absolute Gasteiger partial charge is 0.0587 e. The zero-order chi connectivity index (χ0) is 12.1. The summed E-state index contributed by atoms with van der Waals surface area (Å²) >= 11 is 10.0. The van der Waals surface area contributed by atoms with Gasteiger partial charge in [0, 0.05) is 4.47 Å². The van der Waals surface area contributed by atoms with Crippen LogP contribution < -0.4 is 0 Å². The number of benzene rings is 1. The minimum atomic E-state index is 0.165. The molecule has 90 valence electrons. The lowest BCUT2D eigenvalue weighted by atomic mass is 9.99. The Morgan fingerprint density at radius 1 is 1.19 bits per heavy atom. The van der Waals surface area contributed by atoms with E-state index in [9.17, 15) is 0 Å².